The van der Waals surface area contributed by atoms with Crippen molar-refractivity contribution in [2.24, 2.45) is 0 Å². The summed E-state index contributed by atoms with van der Waals surface area (Å²) in [5, 5.41) is 5.19. The van der Waals surface area contributed by atoms with E-state index in [-0.39, 0.29) is 5.41 Å². The number of anilines is 3. The van der Waals surface area contributed by atoms with Crippen molar-refractivity contribution in [3.63, 3.8) is 0 Å². The summed E-state index contributed by atoms with van der Waals surface area (Å²) in [7, 11) is 0. The van der Waals surface area contributed by atoms with Crippen LogP contribution in [0, 0.1) is 0 Å². The quantitative estimate of drug-likeness (QED) is 0.156. The molecule has 1 fully saturated rings. The van der Waals surface area contributed by atoms with Crippen LogP contribution < -0.4 is 4.90 Å². The van der Waals surface area contributed by atoms with E-state index >= 15 is 0 Å². The zero-order chi connectivity index (χ0) is 39.3. The third-order valence-electron chi connectivity index (χ3n) is 13.5. The van der Waals surface area contributed by atoms with E-state index in [1.54, 1.807) is 0 Å². The van der Waals surface area contributed by atoms with Crippen LogP contribution in [0.1, 0.15) is 67.2 Å². The van der Waals surface area contributed by atoms with Gasteiger partial charge in [0.1, 0.15) is 0 Å². The number of hydrogen-bond donors (Lipinski definition) is 0. The van der Waals surface area contributed by atoms with Crippen LogP contribution in [-0.2, 0) is 5.41 Å². The van der Waals surface area contributed by atoms with Gasteiger partial charge in [-0.15, -0.1) is 0 Å². The molecule has 0 heterocycles. The molecule has 2 aliphatic carbocycles. The topological polar surface area (TPSA) is 3.24 Å². The van der Waals surface area contributed by atoms with E-state index in [1.165, 1.54) is 121 Å². The first-order valence-corrected chi connectivity index (χ1v) is 21.5. The summed E-state index contributed by atoms with van der Waals surface area (Å²) in [6.45, 7) is 2.40. The van der Waals surface area contributed by atoms with Crippen molar-refractivity contribution in [3.8, 4) is 33.4 Å². The monoisotopic (exact) mass is 757 g/mol. The molecule has 1 nitrogen and oxygen atoms in total. The van der Waals surface area contributed by atoms with E-state index in [9.17, 15) is 0 Å². The summed E-state index contributed by atoms with van der Waals surface area (Å²) in [5.41, 5.74) is 16.5. The molecule has 0 aromatic heterocycles. The van der Waals surface area contributed by atoms with E-state index in [4.69, 9.17) is 0 Å². The molecule has 0 aliphatic heterocycles. The van der Waals surface area contributed by atoms with Gasteiger partial charge in [-0.1, -0.05) is 189 Å². The SMILES string of the molecule is CC1(c2ccccc2)c2ccccc2-c2ccc(-c3ccc(N(c4ccccc4-c4cccc5cccc(C6CCCCC6)c45)c4cccc5ccccc45)cc3)cc21. The first kappa shape index (κ1) is 35.5. The molecular weight excluding hydrogens is 711 g/mol. The van der Waals surface area contributed by atoms with Crippen molar-refractivity contribution in [1.82, 2.24) is 0 Å². The molecule has 9 aromatic rings. The third kappa shape index (κ3) is 5.91. The van der Waals surface area contributed by atoms with Gasteiger partial charge < -0.3 is 4.90 Å². The highest BCUT2D eigenvalue weighted by Gasteiger charge is 2.40. The second-order valence-corrected chi connectivity index (χ2v) is 16.8. The average molecular weight is 758 g/mol. The van der Waals surface area contributed by atoms with Crippen molar-refractivity contribution in [2.45, 2.75) is 50.4 Å². The first-order valence-electron chi connectivity index (χ1n) is 21.5. The molecule has 9 aromatic carbocycles. The standard InChI is InChI=1S/C58H47N/c1-58(45-23-6-3-7-24-45)53-30-12-10-26-49(53)50-38-35-44(39-54(50)58)40-33-36-46(37-34-40)59(55-32-16-20-41-19-8-9-25-47(41)55)56-31-13-11-27-51(56)52-29-15-22-43-21-14-28-48(57(43)52)42-17-4-2-5-18-42/h3,6-16,19-39,42H,2,4-5,17-18H2,1H3. The van der Waals surface area contributed by atoms with Crippen molar-refractivity contribution in [2.75, 3.05) is 4.90 Å². The van der Waals surface area contributed by atoms with Gasteiger partial charge in [0.15, 0.2) is 0 Å². The number of fused-ring (bicyclic) bond motifs is 5. The van der Waals surface area contributed by atoms with Crippen LogP contribution >= 0.6 is 0 Å². The minimum Gasteiger partial charge on any atom is -0.309 e. The zero-order valence-electron chi connectivity index (χ0n) is 33.6. The average Bonchev–Trinajstić information content (AvgIpc) is 3.57. The Bertz CT molecular complexity index is 2980. The Morgan fingerprint density at radius 1 is 0.441 bits per heavy atom. The van der Waals surface area contributed by atoms with Crippen molar-refractivity contribution in [1.29, 1.82) is 0 Å². The molecular formula is C58H47N. The lowest BCUT2D eigenvalue weighted by molar-refractivity contribution is 0.445. The van der Waals surface area contributed by atoms with Gasteiger partial charge in [0.05, 0.1) is 11.4 Å². The molecule has 0 N–H and O–H groups in total. The molecule has 59 heavy (non-hydrogen) atoms. The maximum atomic E-state index is 2.50. The molecule has 1 saturated carbocycles. The summed E-state index contributed by atoms with van der Waals surface area (Å²) in [5.74, 6) is 0.599. The normalized spacial score (nSPS) is 16.2. The molecule has 0 spiro atoms. The van der Waals surface area contributed by atoms with Gasteiger partial charge >= 0.3 is 0 Å². The number of benzene rings is 9. The van der Waals surface area contributed by atoms with Gasteiger partial charge in [-0.3, -0.25) is 0 Å². The van der Waals surface area contributed by atoms with Gasteiger partial charge in [-0.2, -0.15) is 0 Å². The predicted octanol–water partition coefficient (Wildman–Crippen LogP) is 16.2. The molecule has 284 valence electrons. The highest BCUT2D eigenvalue weighted by molar-refractivity contribution is 6.06. The fraction of sp³-hybridized carbons (Fsp3) is 0.138. The van der Waals surface area contributed by atoms with E-state index in [0.29, 0.717) is 5.92 Å². The van der Waals surface area contributed by atoms with Gasteiger partial charge in [0.25, 0.3) is 0 Å². The number of nitrogens with zero attached hydrogens (tertiary/aromatic N) is 1. The molecule has 0 radical (unpaired) electrons. The van der Waals surface area contributed by atoms with Crippen LogP contribution in [0.4, 0.5) is 17.1 Å². The predicted molar refractivity (Wildman–Crippen MR) is 250 cm³/mol. The molecule has 0 amide bonds. The Kier molecular flexibility index (Phi) is 8.77. The number of para-hydroxylation sites is 1. The van der Waals surface area contributed by atoms with Gasteiger partial charge in [-0.25, -0.2) is 0 Å². The Balaban J connectivity index is 1.06. The summed E-state index contributed by atoms with van der Waals surface area (Å²) in [6.07, 6.45) is 6.52. The van der Waals surface area contributed by atoms with Gasteiger partial charge in [-0.05, 0) is 122 Å². The van der Waals surface area contributed by atoms with Crippen LogP contribution in [0.3, 0.4) is 0 Å². The molecule has 0 bridgehead atoms. The Labute approximate surface area is 348 Å². The maximum Gasteiger partial charge on any atom is 0.0540 e. The zero-order valence-corrected chi connectivity index (χ0v) is 33.6. The van der Waals surface area contributed by atoms with Crippen LogP contribution in [0.2, 0.25) is 0 Å². The van der Waals surface area contributed by atoms with Crippen LogP contribution in [0.5, 0.6) is 0 Å². The minimum absolute atomic E-state index is 0.240. The largest absolute Gasteiger partial charge is 0.309 e. The fourth-order valence-electron chi connectivity index (χ4n) is 10.6. The summed E-state index contributed by atoms with van der Waals surface area (Å²) >= 11 is 0. The molecule has 1 heteroatoms. The van der Waals surface area contributed by atoms with Gasteiger partial charge in [0, 0.05) is 22.1 Å². The second kappa shape index (κ2) is 14.6. The Morgan fingerprint density at radius 2 is 1.05 bits per heavy atom. The highest BCUT2D eigenvalue weighted by Crippen LogP contribution is 2.53. The Morgan fingerprint density at radius 3 is 1.90 bits per heavy atom. The molecule has 1 unspecified atom stereocenters. The van der Waals surface area contributed by atoms with E-state index in [1.807, 2.05) is 0 Å². The van der Waals surface area contributed by atoms with Gasteiger partial charge in [0.2, 0.25) is 0 Å². The minimum atomic E-state index is -0.240. The van der Waals surface area contributed by atoms with Crippen LogP contribution in [0.15, 0.2) is 200 Å². The Hall–Kier alpha value is -6.70. The molecule has 2 aliphatic rings. The molecule has 11 rings (SSSR count). The molecule has 1 atom stereocenters. The fourth-order valence-corrected chi connectivity index (χ4v) is 10.6. The van der Waals surface area contributed by atoms with E-state index in [0.717, 1.165) is 5.69 Å². The van der Waals surface area contributed by atoms with Crippen molar-refractivity contribution in [3.05, 3.63) is 222 Å². The molecule has 0 saturated heterocycles. The lowest BCUT2D eigenvalue weighted by Crippen LogP contribution is -2.22. The lowest BCUT2D eigenvalue weighted by atomic mass is 9.74. The smallest absolute Gasteiger partial charge is 0.0540 e. The van der Waals surface area contributed by atoms with Crippen molar-refractivity contribution >= 4 is 38.6 Å². The van der Waals surface area contributed by atoms with Crippen LogP contribution in [-0.4, -0.2) is 0 Å². The maximum absolute atomic E-state index is 2.50. The first-order chi connectivity index (χ1) is 29.2. The van der Waals surface area contributed by atoms with Crippen molar-refractivity contribution < 1.29 is 0 Å². The number of hydrogen-bond acceptors (Lipinski definition) is 1. The third-order valence-corrected chi connectivity index (χ3v) is 13.5. The highest BCUT2D eigenvalue weighted by atomic mass is 15.1. The van der Waals surface area contributed by atoms with Crippen LogP contribution in [0.25, 0.3) is 54.9 Å². The van der Waals surface area contributed by atoms with E-state index in [2.05, 4.69) is 212 Å². The second-order valence-electron chi connectivity index (χ2n) is 16.8. The number of rotatable bonds is 7. The lowest BCUT2D eigenvalue weighted by Gasteiger charge is -2.30. The van der Waals surface area contributed by atoms with E-state index < -0.39 is 0 Å². The summed E-state index contributed by atoms with van der Waals surface area (Å²) in [6, 6.07) is 74.8. The summed E-state index contributed by atoms with van der Waals surface area (Å²) in [4.78, 5) is 2.50. The summed E-state index contributed by atoms with van der Waals surface area (Å²) < 4.78 is 0.